The fourth-order valence-corrected chi connectivity index (χ4v) is 1.95. The fraction of sp³-hybridized carbons (Fsp3) is 0.0714. The number of hydrogen-bond donors (Lipinski definition) is 1. The molecular formula is C14H9FN2O4. The summed E-state index contributed by atoms with van der Waals surface area (Å²) < 4.78 is 19.1. The first kappa shape index (κ1) is 13.0. The lowest BCUT2D eigenvalue weighted by Gasteiger charge is -2.04. The van der Waals surface area contributed by atoms with Gasteiger partial charge in [-0.3, -0.25) is 9.36 Å². The predicted molar refractivity (Wildman–Crippen MR) is 70.7 cm³/mol. The van der Waals surface area contributed by atoms with E-state index in [1.54, 1.807) is 12.1 Å². The highest BCUT2D eigenvalue weighted by Gasteiger charge is 2.15. The number of carboxylic acids is 1. The topological polar surface area (TPSA) is 85.3 Å². The largest absolute Gasteiger partial charge is 0.475 e. The number of carbonyl (C=O) groups is 1. The first-order valence-electron chi connectivity index (χ1n) is 6.01. The van der Waals surface area contributed by atoms with Crippen molar-refractivity contribution in [2.24, 2.45) is 0 Å². The Kier molecular flexibility index (Phi) is 3.02. The Labute approximate surface area is 117 Å². The van der Waals surface area contributed by atoms with E-state index >= 15 is 0 Å². The Bertz CT molecular complexity index is 880. The molecule has 2 aromatic heterocycles. The van der Waals surface area contributed by atoms with E-state index in [9.17, 15) is 14.0 Å². The summed E-state index contributed by atoms with van der Waals surface area (Å²) in [7, 11) is 0. The van der Waals surface area contributed by atoms with Crippen LogP contribution in [0.15, 0.2) is 45.9 Å². The molecule has 1 aromatic carbocycles. The SMILES string of the molecule is O=C(O)c1cc2ncn(Cc3ccc(F)cc3)c(=O)c2o1. The Morgan fingerprint density at radius 1 is 1.33 bits per heavy atom. The van der Waals surface area contributed by atoms with E-state index in [0.29, 0.717) is 5.56 Å². The zero-order valence-corrected chi connectivity index (χ0v) is 10.6. The second-order valence-corrected chi connectivity index (χ2v) is 4.43. The second kappa shape index (κ2) is 4.86. The van der Waals surface area contributed by atoms with Gasteiger partial charge in [0.1, 0.15) is 11.3 Å². The lowest BCUT2D eigenvalue weighted by Crippen LogP contribution is -2.20. The van der Waals surface area contributed by atoms with Gasteiger partial charge in [-0.15, -0.1) is 0 Å². The highest BCUT2D eigenvalue weighted by atomic mass is 19.1. The molecule has 106 valence electrons. The van der Waals surface area contributed by atoms with Crippen molar-refractivity contribution in [1.29, 1.82) is 0 Å². The molecule has 21 heavy (non-hydrogen) atoms. The third kappa shape index (κ3) is 2.40. The average Bonchev–Trinajstić information content (AvgIpc) is 2.89. The fourth-order valence-electron chi connectivity index (χ4n) is 1.95. The molecule has 0 radical (unpaired) electrons. The van der Waals surface area contributed by atoms with Crippen molar-refractivity contribution < 1.29 is 18.7 Å². The van der Waals surface area contributed by atoms with Gasteiger partial charge in [0.05, 0.1) is 12.9 Å². The van der Waals surface area contributed by atoms with E-state index in [4.69, 9.17) is 9.52 Å². The van der Waals surface area contributed by atoms with Crippen LogP contribution >= 0.6 is 0 Å². The first-order chi connectivity index (χ1) is 10.0. The van der Waals surface area contributed by atoms with E-state index in [1.807, 2.05) is 0 Å². The maximum absolute atomic E-state index is 12.8. The molecule has 0 bridgehead atoms. The number of aromatic nitrogens is 2. The van der Waals surface area contributed by atoms with Gasteiger partial charge in [0.15, 0.2) is 0 Å². The van der Waals surface area contributed by atoms with Gasteiger partial charge in [-0.25, -0.2) is 14.2 Å². The van der Waals surface area contributed by atoms with Gasteiger partial charge in [-0.05, 0) is 17.7 Å². The number of furan rings is 1. The molecule has 1 N–H and O–H groups in total. The number of carboxylic acid groups (broad SMARTS) is 1. The first-order valence-corrected chi connectivity index (χ1v) is 6.01. The molecule has 0 unspecified atom stereocenters. The quantitative estimate of drug-likeness (QED) is 0.795. The van der Waals surface area contributed by atoms with E-state index in [1.165, 1.54) is 29.1 Å². The van der Waals surface area contributed by atoms with Crippen molar-refractivity contribution in [2.75, 3.05) is 0 Å². The van der Waals surface area contributed by atoms with Crippen molar-refractivity contribution >= 4 is 17.1 Å². The standard InChI is InChI=1S/C14H9FN2O4/c15-9-3-1-8(2-4-9)6-17-7-16-10-5-11(14(19)20)21-12(10)13(17)18/h1-5,7H,6H2,(H,19,20). The molecule has 3 rings (SSSR count). The van der Waals surface area contributed by atoms with Crippen LogP contribution in [0.4, 0.5) is 4.39 Å². The molecule has 0 aliphatic heterocycles. The highest BCUT2D eigenvalue weighted by Crippen LogP contribution is 2.13. The van der Waals surface area contributed by atoms with Crippen molar-refractivity contribution in [2.45, 2.75) is 6.54 Å². The minimum atomic E-state index is -1.27. The van der Waals surface area contributed by atoms with Crippen LogP contribution in [0.1, 0.15) is 16.1 Å². The number of hydrogen-bond acceptors (Lipinski definition) is 4. The summed E-state index contributed by atoms with van der Waals surface area (Å²) in [6, 6.07) is 6.89. The second-order valence-electron chi connectivity index (χ2n) is 4.43. The van der Waals surface area contributed by atoms with Crippen molar-refractivity contribution in [3.05, 3.63) is 64.2 Å². The van der Waals surface area contributed by atoms with Crippen molar-refractivity contribution in [1.82, 2.24) is 9.55 Å². The van der Waals surface area contributed by atoms with E-state index in [2.05, 4.69) is 4.98 Å². The van der Waals surface area contributed by atoms with Crippen LogP contribution in [0.3, 0.4) is 0 Å². The lowest BCUT2D eigenvalue weighted by atomic mass is 10.2. The Balaban J connectivity index is 2.03. The van der Waals surface area contributed by atoms with Gasteiger partial charge in [0.25, 0.3) is 5.56 Å². The zero-order chi connectivity index (χ0) is 15.0. The molecule has 0 spiro atoms. The number of halogens is 1. The van der Waals surface area contributed by atoms with Crippen LogP contribution in [-0.2, 0) is 6.54 Å². The van der Waals surface area contributed by atoms with Gasteiger partial charge in [0, 0.05) is 6.07 Å². The van der Waals surface area contributed by atoms with Crippen LogP contribution in [-0.4, -0.2) is 20.6 Å². The third-order valence-electron chi connectivity index (χ3n) is 2.98. The Hall–Kier alpha value is -2.96. The Morgan fingerprint density at radius 3 is 2.71 bits per heavy atom. The average molecular weight is 288 g/mol. The van der Waals surface area contributed by atoms with E-state index in [-0.39, 0.29) is 29.2 Å². The monoisotopic (exact) mass is 288 g/mol. The van der Waals surface area contributed by atoms with Gasteiger partial charge in [-0.1, -0.05) is 12.1 Å². The molecule has 0 aliphatic rings. The molecule has 3 aromatic rings. The molecule has 0 saturated carbocycles. The maximum atomic E-state index is 12.8. The summed E-state index contributed by atoms with van der Waals surface area (Å²) in [5.41, 5.74) is 0.297. The Morgan fingerprint density at radius 2 is 2.05 bits per heavy atom. The number of rotatable bonds is 3. The summed E-state index contributed by atoms with van der Waals surface area (Å²) in [5.74, 6) is -1.97. The summed E-state index contributed by atoms with van der Waals surface area (Å²) in [5, 5.41) is 8.84. The van der Waals surface area contributed by atoms with Crippen LogP contribution in [0, 0.1) is 5.82 Å². The minimum Gasteiger partial charge on any atom is -0.475 e. The summed E-state index contributed by atoms with van der Waals surface area (Å²) in [6.45, 7) is 0.186. The van der Waals surface area contributed by atoms with Crippen molar-refractivity contribution in [3.63, 3.8) is 0 Å². The molecular weight excluding hydrogens is 279 g/mol. The van der Waals surface area contributed by atoms with Gasteiger partial charge >= 0.3 is 5.97 Å². The molecule has 0 atom stereocenters. The van der Waals surface area contributed by atoms with Gasteiger partial charge < -0.3 is 9.52 Å². The lowest BCUT2D eigenvalue weighted by molar-refractivity contribution is 0.0665. The molecule has 2 heterocycles. The molecule has 0 amide bonds. The number of benzene rings is 1. The molecule has 0 aliphatic carbocycles. The molecule has 0 saturated heterocycles. The molecule has 7 heteroatoms. The predicted octanol–water partition coefficient (Wildman–Crippen LogP) is 1.88. The number of fused-ring (bicyclic) bond motifs is 1. The molecule has 6 nitrogen and oxygen atoms in total. The third-order valence-corrected chi connectivity index (χ3v) is 2.98. The number of nitrogens with zero attached hydrogens (tertiary/aromatic N) is 2. The summed E-state index contributed by atoms with van der Waals surface area (Å²) in [4.78, 5) is 27.0. The normalized spacial score (nSPS) is 10.9. The maximum Gasteiger partial charge on any atom is 0.371 e. The van der Waals surface area contributed by atoms with Crippen LogP contribution in [0.5, 0.6) is 0 Å². The summed E-state index contributed by atoms with van der Waals surface area (Å²) in [6.07, 6.45) is 1.30. The zero-order valence-electron chi connectivity index (χ0n) is 10.6. The van der Waals surface area contributed by atoms with Crippen LogP contribution < -0.4 is 5.56 Å². The van der Waals surface area contributed by atoms with Crippen LogP contribution in [0.2, 0.25) is 0 Å². The van der Waals surface area contributed by atoms with Crippen molar-refractivity contribution in [3.8, 4) is 0 Å². The highest BCUT2D eigenvalue weighted by molar-refractivity contribution is 5.89. The van der Waals surface area contributed by atoms with Gasteiger partial charge in [0.2, 0.25) is 11.3 Å². The van der Waals surface area contributed by atoms with Gasteiger partial charge in [-0.2, -0.15) is 0 Å². The van der Waals surface area contributed by atoms with E-state index in [0.717, 1.165) is 0 Å². The van der Waals surface area contributed by atoms with E-state index < -0.39 is 11.5 Å². The van der Waals surface area contributed by atoms with Crippen LogP contribution in [0.25, 0.3) is 11.1 Å². The minimum absolute atomic E-state index is 0.114. The number of aromatic carboxylic acids is 1. The summed E-state index contributed by atoms with van der Waals surface area (Å²) >= 11 is 0. The smallest absolute Gasteiger partial charge is 0.371 e. The molecule has 0 fully saturated rings.